The quantitative estimate of drug-likeness (QED) is 0.702. The molecule has 0 aromatic heterocycles. The zero-order valence-electron chi connectivity index (χ0n) is 7.85. The third-order valence-electron chi connectivity index (χ3n) is 1.76. The summed E-state index contributed by atoms with van der Waals surface area (Å²) in [5.74, 6) is -0.496. The van der Waals surface area contributed by atoms with Crippen LogP contribution in [-0.2, 0) is 9.53 Å². The topological polar surface area (TPSA) is 78.3 Å². The fourth-order valence-corrected chi connectivity index (χ4v) is 1.16. The fraction of sp³-hybridized carbons (Fsp3) is 0.300. The first-order valence-electron chi connectivity index (χ1n) is 4.41. The molecule has 0 saturated carbocycles. The van der Waals surface area contributed by atoms with Crippen LogP contribution in [0.1, 0.15) is 11.7 Å². The van der Waals surface area contributed by atoms with Gasteiger partial charge in [-0.3, -0.25) is 4.79 Å². The highest BCUT2D eigenvalue weighted by molar-refractivity contribution is 5.80. The third-order valence-corrected chi connectivity index (χ3v) is 1.76. The van der Waals surface area contributed by atoms with Gasteiger partial charge in [-0.2, -0.15) is 0 Å². The second-order valence-corrected chi connectivity index (χ2v) is 2.85. The molecule has 0 fully saturated rings. The Labute approximate surface area is 82.8 Å². The highest BCUT2D eigenvalue weighted by Gasteiger charge is 2.17. The summed E-state index contributed by atoms with van der Waals surface area (Å²) in [6.07, 6.45) is -0.695. The minimum absolute atomic E-state index is 0.322. The summed E-state index contributed by atoms with van der Waals surface area (Å²) in [7, 11) is 0. The monoisotopic (exact) mass is 194 g/mol. The highest BCUT2D eigenvalue weighted by atomic mass is 16.5. The lowest BCUT2D eigenvalue weighted by molar-refractivity contribution is -0.129. The summed E-state index contributed by atoms with van der Waals surface area (Å²) in [5.41, 5.74) is 11.2. The van der Waals surface area contributed by atoms with E-state index < -0.39 is 12.0 Å². The number of rotatable bonds is 5. The second-order valence-electron chi connectivity index (χ2n) is 2.85. The zero-order chi connectivity index (χ0) is 10.4. The molecule has 0 radical (unpaired) electrons. The Morgan fingerprint density at radius 1 is 1.36 bits per heavy atom. The van der Waals surface area contributed by atoms with Crippen molar-refractivity contribution in [3.63, 3.8) is 0 Å². The van der Waals surface area contributed by atoms with E-state index in [1.165, 1.54) is 0 Å². The van der Waals surface area contributed by atoms with Crippen LogP contribution in [0, 0.1) is 0 Å². The molecule has 1 amide bonds. The predicted octanol–water partition coefficient (Wildman–Crippen LogP) is 0.188. The van der Waals surface area contributed by atoms with Gasteiger partial charge < -0.3 is 16.2 Å². The molecule has 4 N–H and O–H groups in total. The van der Waals surface area contributed by atoms with Crippen LogP contribution in [-0.4, -0.2) is 19.1 Å². The number of carbonyl (C=O) groups excluding carboxylic acids is 1. The molecule has 76 valence electrons. The van der Waals surface area contributed by atoms with Crippen molar-refractivity contribution in [3.8, 4) is 0 Å². The van der Waals surface area contributed by atoms with Crippen molar-refractivity contribution in [2.24, 2.45) is 11.5 Å². The van der Waals surface area contributed by atoms with Gasteiger partial charge in [-0.1, -0.05) is 30.3 Å². The van der Waals surface area contributed by atoms with Gasteiger partial charge in [-0.15, -0.1) is 0 Å². The van der Waals surface area contributed by atoms with E-state index in [1.807, 2.05) is 18.2 Å². The van der Waals surface area contributed by atoms with Crippen LogP contribution in [0.3, 0.4) is 0 Å². The normalized spacial score (nSPS) is 12.4. The number of ether oxygens (including phenoxy) is 1. The summed E-state index contributed by atoms with van der Waals surface area (Å²) in [6.45, 7) is 0.694. The summed E-state index contributed by atoms with van der Waals surface area (Å²) in [4.78, 5) is 11.1. The molecule has 0 saturated heterocycles. The lowest BCUT2D eigenvalue weighted by atomic mass is 10.1. The minimum Gasteiger partial charge on any atom is -0.367 e. The van der Waals surface area contributed by atoms with Gasteiger partial charge in [-0.25, -0.2) is 0 Å². The molecular formula is C10H14N2O2. The van der Waals surface area contributed by atoms with E-state index in [4.69, 9.17) is 16.2 Å². The number of amides is 1. The standard InChI is InChI=1S/C10H14N2O2/c11-6-7-14-9(10(12)13)8-4-2-1-3-5-8/h1-5,9H,6-7,11H2,(H2,12,13). The first-order valence-corrected chi connectivity index (χ1v) is 4.41. The molecule has 1 aromatic rings. The maximum absolute atomic E-state index is 11.1. The van der Waals surface area contributed by atoms with Gasteiger partial charge in [-0.05, 0) is 5.56 Å². The number of nitrogens with two attached hydrogens (primary N) is 2. The van der Waals surface area contributed by atoms with Gasteiger partial charge in [0.2, 0.25) is 0 Å². The number of carbonyl (C=O) groups is 1. The van der Waals surface area contributed by atoms with E-state index >= 15 is 0 Å². The Morgan fingerprint density at radius 2 is 2.00 bits per heavy atom. The molecule has 0 bridgehead atoms. The van der Waals surface area contributed by atoms with Crippen molar-refractivity contribution >= 4 is 5.91 Å². The van der Waals surface area contributed by atoms with E-state index in [1.54, 1.807) is 12.1 Å². The SMILES string of the molecule is NCCOC(C(N)=O)c1ccccc1. The molecule has 0 aliphatic rings. The van der Waals surface area contributed by atoms with Crippen LogP contribution in [0.15, 0.2) is 30.3 Å². The van der Waals surface area contributed by atoms with Gasteiger partial charge in [0.25, 0.3) is 5.91 Å². The van der Waals surface area contributed by atoms with E-state index in [2.05, 4.69) is 0 Å². The van der Waals surface area contributed by atoms with E-state index in [-0.39, 0.29) is 0 Å². The molecule has 4 heteroatoms. The van der Waals surface area contributed by atoms with Gasteiger partial charge in [0.15, 0.2) is 6.10 Å². The molecule has 0 aliphatic heterocycles. The molecule has 1 rings (SSSR count). The Bertz CT molecular complexity index is 287. The second kappa shape index (κ2) is 5.36. The Morgan fingerprint density at radius 3 is 2.50 bits per heavy atom. The van der Waals surface area contributed by atoms with Crippen LogP contribution in [0.5, 0.6) is 0 Å². The predicted molar refractivity (Wildman–Crippen MR) is 53.4 cm³/mol. The first kappa shape index (κ1) is 10.7. The van der Waals surface area contributed by atoms with Crippen LogP contribution in [0.2, 0.25) is 0 Å². The number of primary amides is 1. The van der Waals surface area contributed by atoms with Crippen molar-refractivity contribution in [2.45, 2.75) is 6.10 Å². The molecule has 0 aliphatic carbocycles. The summed E-state index contributed by atoms with van der Waals surface area (Å²) >= 11 is 0. The van der Waals surface area contributed by atoms with E-state index in [0.29, 0.717) is 13.2 Å². The van der Waals surface area contributed by atoms with Gasteiger partial charge in [0, 0.05) is 6.54 Å². The van der Waals surface area contributed by atoms with Crippen molar-refractivity contribution < 1.29 is 9.53 Å². The maximum Gasteiger partial charge on any atom is 0.251 e. The van der Waals surface area contributed by atoms with Gasteiger partial charge >= 0.3 is 0 Å². The molecule has 0 spiro atoms. The van der Waals surface area contributed by atoms with Crippen LogP contribution in [0.4, 0.5) is 0 Å². The molecule has 1 unspecified atom stereocenters. The fourth-order valence-electron chi connectivity index (χ4n) is 1.16. The van der Waals surface area contributed by atoms with Crippen molar-refractivity contribution in [1.82, 2.24) is 0 Å². The molecular weight excluding hydrogens is 180 g/mol. The summed E-state index contributed by atoms with van der Waals surface area (Å²) in [6, 6.07) is 9.12. The molecule has 0 heterocycles. The number of hydrogen-bond acceptors (Lipinski definition) is 3. The average Bonchev–Trinajstić information content (AvgIpc) is 2.19. The number of benzene rings is 1. The van der Waals surface area contributed by atoms with E-state index in [9.17, 15) is 4.79 Å². The van der Waals surface area contributed by atoms with Gasteiger partial charge in [0.1, 0.15) is 0 Å². The molecule has 4 nitrogen and oxygen atoms in total. The Balaban J connectivity index is 2.73. The largest absolute Gasteiger partial charge is 0.367 e. The van der Waals surface area contributed by atoms with Gasteiger partial charge in [0.05, 0.1) is 6.61 Å². The minimum atomic E-state index is -0.695. The van der Waals surface area contributed by atoms with E-state index in [0.717, 1.165) is 5.56 Å². The van der Waals surface area contributed by atoms with Crippen LogP contribution in [0.25, 0.3) is 0 Å². The maximum atomic E-state index is 11.1. The molecule has 1 aromatic carbocycles. The number of hydrogen-bond donors (Lipinski definition) is 2. The Kier molecular flexibility index (Phi) is 4.10. The molecule has 14 heavy (non-hydrogen) atoms. The zero-order valence-corrected chi connectivity index (χ0v) is 7.85. The molecule has 1 atom stereocenters. The Hall–Kier alpha value is -1.39. The average molecular weight is 194 g/mol. The first-order chi connectivity index (χ1) is 6.75. The third kappa shape index (κ3) is 2.83. The summed E-state index contributed by atoms with van der Waals surface area (Å²) in [5, 5.41) is 0. The lowest BCUT2D eigenvalue weighted by Gasteiger charge is -2.13. The van der Waals surface area contributed by atoms with Crippen molar-refractivity contribution in [2.75, 3.05) is 13.2 Å². The van der Waals surface area contributed by atoms with Crippen LogP contribution < -0.4 is 11.5 Å². The lowest BCUT2D eigenvalue weighted by Crippen LogP contribution is -2.25. The van der Waals surface area contributed by atoms with Crippen molar-refractivity contribution in [3.05, 3.63) is 35.9 Å². The van der Waals surface area contributed by atoms with Crippen LogP contribution >= 0.6 is 0 Å². The van der Waals surface area contributed by atoms with Crippen molar-refractivity contribution in [1.29, 1.82) is 0 Å². The highest BCUT2D eigenvalue weighted by Crippen LogP contribution is 2.15. The summed E-state index contributed by atoms with van der Waals surface area (Å²) < 4.78 is 5.24. The smallest absolute Gasteiger partial charge is 0.251 e.